The van der Waals surface area contributed by atoms with Gasteiger partial charge in [0.15, 0.2) is 0 Å². The third-order valence-corrected chi connectivity index (χ3v) is 21.0. The van der Waals surface area contributed by atoms with Crippen molar-refractivity contribution in [3.63, 3.8) is 0 Å². The van der Waals surface area contributed by atoms with Crippen molar-refractivity contribution in [1.29, 1.82) is 0 Å². The maximum absolute atomic E-state index is 6.27. The second-order valence-electron chi connectivity index (χ2n) is 26.9. The van der Waals surface area contributed by atoms with Crippen LogP contribution in [-0.4, -0.2) is 47.4 Å². The number of aryl methyl sites for hydroxylation is 2. The highest BCUT2D eigenvalue weighted by atomic mass is 79.9. The number of aromatic nitrogens is 6. The first-order valence-corrected chi connectivity index (χ1v) is 35.3. The van der Waals surface area contributed by atoms with Gasteiger partial charge in [-0.3, -0.25) is 9.13 Å². The fourth-order valence-electron chi connectivity index (χ4n) is 14.8. The standard InChI is InChI=1S/C42H29N3.C33H28BNO2.C15H13BrN2/c1-2-39-43-37-17-9-10-18-38(37)45(39)30-25-23-28(24-26-30)27-19-21-29(22-20-27)41-36-16-8-6-14-34(36)40-33-13-5-3-11-31(33)32-12-4-7-15-35(32)42(40)44-41;1-32(2)33(3,4)37-34(36-32)22-19-17-21(18-20-22)30-28-16-10-8-14-26(28)29-25-13-7-5-11-23(25)24-12-6-9-15-27(24)31(29)35-30;1-2-15-17-13-5-3-4-6-14(13)18(15)12-9-7-11(16)8-10-12/h3-26H,2H2,1H3;5-20H,1-4H3;3-10H,2H2,1H3. The average Bonchev–Trinajstić information content (AvgIpc) is 1.09. The van der Waals surface area contributed by atoms with Crippen molar-refractivity contribution in [1.82, 2.24) is 29.1 Å². The summed E-state index contributed by atoms with van der Waals surface area (Å²) >= 11 is 3.47. The van der Waals surface area contributed by atoms with Crippen LogP contribution >= 0.6 is 15.9 Å². The van der Waals surface area contributed by atoms with Gasteiger partial charge in [-0.1, -0.05) is 260 Å². The summed E-state index contributed by atoms with van der Waals surface area (Å²) in [6.45, 7) is 12.6. The topological polar surface area (TPSA) is 79.9 Å². The lowest BCUT2D eigenvalue weighted by atomic mass is 9.78. The zero-order chi connectivity index (χ0) is 67.8. The number of benzene rings is 14. The maximum Gasteiger partial charge on any atom is 0.494 e. The Labute approximate surface area is 589 Å². The van der Waals surface area contributed by atoms with Crippen molar-refractivity contribution >= 4 is 137 Å². The van der Waals surface area contributed by atoms with E-state index in [9.17, 15) is 0 Å². The molecule has 14 aromatic carbocycles. The molecule has 0 bridgehead atoms. The Hall–Kier alpha value is -11.1. The summed E-state index contributed by atoms with van der Waals surface area (Å²) in [4.78, 5) is 20.3. The number of pyridine rings is 2. The van der Waals surface area contributed by atoms with Crippen LogP contribution in [0.25, 0.3) is 154 Å². The Morgan fingerprint density at radius 3 is 1.02 bits per heavy atom. The molecule has 1 aliphatic heterocycles. The van der Waals surface area contributed by atoms with Gasteiger partial charge < -0.3 is 9.31 Å². The monoisotopic (exact) mass is 1360 g/mol. The number of halogens is 1. The third kappa shape index (κ3) is 10.8. The lowest BCUT2D eigenvalue weighted by Gasteiger charge is -2.32. The highest BCUT2D eigenvalue weighted by molar-refractivity contribution is 9.10. The molecule has 0 amide bonds. The van der Waals surface area contributed by atoms with Crippen molar-refractivity contribution in [2.45, 2.75) is 65.6 Å². The van der Waals surface area contributed by atoms with Gasteiger partial charge in [0.05, 0.1) is 55.7 Å². The van der Waals surface area contributed by atoms with E-state index in [1.54, 1.807) is 0 Å². The SMILES string of the molecule is CC1(C)OB(c2ccc(-c3nc4c5ccccc5c5ccccc5c4c4ccccc34)cc2)OC1(C)C.CCc1nc2ccccc2n1-c1ccc(-c2ccc(-c3nc4c5ccccc5c5ccccc5c4c4ccccc34)cc2)cc1.CCc1nc2ccccc2n1-c1ccc(Br)cc1. The fraction of sp³-hybridized carbons (Fsp3) is 0.111. The Morgan fingerprint density at radius 2 is 0.620 bits per heavy atom. The van der Waals surface area contributed by atoms with E-state index >= 15 is 0 Å². The van der Waals surface area contributed by atoms with Crippen LogP contribution in [0.15, 0.2) is 296 Å². The Kier molecular flexibility index (Phi) is 15.8. The first-order chi connectivity index (χ1) is 48.9. The quantitative estimate of drug-likeness (QED) is 0.111. The minimum atomic E-state index is -0.379. The molecule has 0 N–H and O–H groups in total. The van der Waals surface area contributed by atoms with Gasteiger partial charge in [-0.25, -0.2) is 19.9 Å². The van der Waals surface area contributed by atoms with Crippen LogP contribution in [-0.2, 0) is 22.2 Å². The number of para-hydroxylation sites is 4. The summed E-state index contributed by atoms with van der Waals surface area (Å²) in [6, 6.07) is 103. The Bertz CT molecular complexity index is 6190. The van der Waals surface area contributed by atoms with Crippen LogP contribution in [0.5, 0.6) is 0 Å². The number of hydrogen-bond acceptors (Lipinski definition) is 6. The lowest BCUT2D eigenvalue weighted by Crippen LogP contribution is -2.41. The fourth-order valence-corrected chi connectivity index (χ4v) is 15.1. The predicted molar refractivity (Wildman–Crippen MR) is 423 cm³/mol. The number of rotatable bonds is 8. The Morgan fingerprint density at radius 1 is 0.320 bits per heavy atom. The van der Waals surface area contributed by atoms with E-state index in [2.05, 4.69) is 351 Å². The first-order valence-electron chi connectivity index (χ1n) is 34.5. The van der Waals surface area contributed by atoms with E-state index in [0.717, 1.165) is 107 Å². The molecular formula is C90H70BBrN6O2. The molecule has 0 spiro atoms. The zero-order valence-electron chi connectivity index (χ0n) is 56.6. The summed E-state index contributed by atoms with van der Waals surface area (Å²) < 4.78 is 18.1. The Balaban J connectivity index is 0.000000122. The first kappa shape index (κ1) is 62.4. The number of hydrogen-bond donors (Lipinski definition) is 0. The van der Waals surface area contributed by atoms with Crippen molar-refractivity contribution in [2.24, 2.45) is 0 Å². The van der Waals surface area contributed by atoms with Gasteiger partial charge in [0.2, 0.25) is 0 Å². The molecule has 0 atom stereocenters. The molecule has 1 saturated heterocycles. The largest absolute Gasteiger partial charge is 0.494 e. The smallest absolute Gasteiger partial charge is 0.399 e. The van der Waals surface area contributed by atoms with Crippen LogP contribution in [0, 0.1) is 0 Å². The van der Waals surface area contributed by atoms with Crippen LogP contribution in [0.3, 0.4) is 0 Å². The van der Waals surface area contributed by atoms with Gasteiger partial charge in [0.25, 0.3) is 0 Å². The van der Waals surface area contributed by atoms with E-state index in [0.29, 0.717) is 0 Å². The molecule has 8 nitrogen and oxygen atoms in total. The molecule has 0 aliphatic carbocycles. The maximum atomic E-state index is 6.27. The summed E-state index contributed by atoms with van der Waals surface area (Å²) in [6.07, 6.45) is 1.80. The summed E-state index contributed by atoms with van der Waals surface area (Å²) in [5, 5.41) is 17.1. The molecule has 18 aromatic rings. The molecule has 482 valence electrons. The molecule has 19 rings (SSSR count). The summed E-state index contributed by atoms with van der Waals surface area (Å²) in [7, 11) is -0.379. The van der Waals surface area contributed by atoms with E-state index < -0.39 is 0 Å². The van der Waals surface area contributed by atoms with Gasteiger partial charge in [-0.2, -0.15) is 0 Å². The van der Waals surface area contributed by atoms with Crippen molar-refractivity contribution < 1.29 is 9.31 Å². The van der Waals surface area contributed by atoms with Gasteiger partial charge in [-0.05, 0) is 148 Å². The minimum absolute atomic E-state index is 0.365. The van der Waals surface area contributed by atoms with Crippen molar-refractivity contribution in [2.75, 3.05) is 0 Å². The van der Waals surface area contributed by atoms with E-state index in [1.165, 1.54) is 81.1 Å². The normalized spacial score (nSPS) is 13.5. The van der Waals surface area contributed by atoms with E-state index in [-0.39, 0.29) is 18.3 Å². The van der Waals surface area contributed by atoms with E-state index in [1.807, 2.05) is 12.1 Å². The number of fused-ring (bicyclic) bond motifs is 18. The van der Waals surface area contributed by atoms with Gasteiger partial charge in [0, 0.05) is 72.1 Å². The second-order valence-corrected chi connectivity index (χ2v) is 27.8. The van der Waals surface area contributed by atoms with E-state index in [4.69, 9.17) is 24.3 Å². The molecule has 0 radical (unpaired) electrons. The van der Waals surface area contributed by atoms with Gasteiger partial charge >= 0.3 is 7.12 Å². The molecule has 10 heteroatoms. The minimum Gasteiger partial charge on any atom is -0.399 e. The average molecular weight is 1360 g/mol. The highest BCUT2D eigenvalue weighted by Crippen LogP contribution is 2.44. The summed E-state index contributed by atoms with van der Waals surface area (Å²) in [5.74, 6) is 2.17. The van der Waals surface area contributed by atoms with Gasteiger partial charge in [-0.15, -0.1) is 0 Å². The van der Waals surface area contributed by atoms with Crippen molar-refractivity contribution in [3.8, 4) is 45.0 Å². The summed E-state index contributed by atoms with van der Waals surface area (Å²) in [5.41, 5.74) is 15.6. The second kappa shape index (κ2) is 25.3. The zero-order valence-corrected chi connectivity index (χ0v) is 58.2. The van der Waals surface area contributed by atoms with Crippen LogP contribution < -0.4 is 5.46 Å². The molecule has 100 heavy (non-hydrogen) atoms. The predicted octanol–water partition coefficient (Wildman–Crippen LogP) is 22.9. The molecule has 5 heterocycles. The molecular weight excluding hydrogens is 1290 g/mol. The molecule has 0 unspecified atom stereocenters. The number of nitrogens with zero attached hydrogens (tertiary/aromatic N) is 6. The molecule has 0 saturated carbocycles. The van der Waals surface area contributed by atoms with Gasteiger partial charge in [0.1, 0.15) is 11.6 Å². The van der Waals surface area contributed by atoms with Crippen LogP contribution in [0.1, 0.15) is 53.2 Å². The molecule has 1 aliphatic rings. The van der Waals surface area contributed by atoms with Crippen molar-refractivity contribution in [3.05, 3.63) is 307 Å². The van der Waals surface area contributed by atoms with Crippen LogP contribution in [0.2, 0.25) is 0 Å². The molecule has 4 aromatic heterocycles. The molecule has 1 fully saturated rings. The highest BCUT2D eigenvalue weighted by Gasteiger charge is 2.51. The lowest BCUT2D eigenvalue weighted by molar-refractivity contribution is 0.00578. The third-order valence-electron chi connectivity index (χ3n) is 20.5. The number of imidazole rings is 2. The van der Waals surface area contributed by atoms with Crippen LogP contribution in [0.4, 0.5) is 0 Å².